The Morgan fingerprint density at radius 3 is 1.13 bits per heavy atom. The Kier molecular flexibility index (Phi) is 39.7. The maximum absolute atomic E-state index is 12.4. The van der Waals surface area contributed by atoms with Crippen LogP contribution in [0.5, 0.6) is 0 Å². The highest BCUT2D eigenvalue weighted by Gasteiger charge is 2.24. The zero-order chi connectivity index (χ0) is 44.5. The molecule has 4 atom stereocenters. The van der Waals surface area contributed by atoms with Gasteiger partial charge in [0.2, 0.25) is 6.79 Å². The normalized spacial score (nSPS) is 13.2. The van der Waals surface area contributed by atoms with Gasteiger partial charge in [0.25, 0.3) is 0 Å². The third-order valence-corrected chi connectivity index (χ3v) is 10.8. The van der Waals surface area contributed by atoms with Gasteiger partial charge in [-0.25, -0.2) is 0 Å². The van der Waals surface area contributed by atoms with Gasteiger partial charge in [0.15, 0.2) is 0 Å². The van der Waals surface area contributed by atoms with E-state index in [0.29, 0.717) is 51.6 Å². The van der Waals surface area contributed by atoms with E-state index >= 15 is 0 Å². The number of hydrogen-bond donors (Lipinski definition) is 2. The maximum Gasteiger partial charge on any atom is 0.308 e. The fourth-order valence-electron chi connectivity index (χ4n) is 7.04. The van der Waals surface area contributed by atoms with E-state index in [1.165, 1.54) is 0 Å². The number of carbonyl (C=O) groups is 5. The van der Waals surface area contributed by atoms with E-state index in [2.05, 4.69) is 13.8 Å². The predicted molar refractivity (Wildman–Crippen MR) is 235 cm³/mol. The van der Waals surface area contributed by atoms with Gasteiger partial charge in [0, 0.05) is 32.1 Å². The number of carbonyl (C=O) groups excluding carboxylic acids is 5. The summed E-state index contributed by atoms with van der Waals surface area (Å²) in [6, 6.07) is 0. The van der Waals surface area contributed by atoms with Gasteiger partial charge in [-0.3, -0.25) is 24.0 Å². The summed E-state index contributed by atoms with van der Waals surface area (Å²) in [5, 5.41) is 21.4. The van der Waals surface area contributed by atoms with Crippen LogP contribution in [0.3, 0.4) is 0 Å². The monoisotopic (exact) mass is 857 g/mol. The molecular weight excluding hydrogens is 769 g/mol. The van der Waals surface area contributed by atoms with Gasteiger partial charge in [-0.2, -0.15) is 0 Å². The summed E-state index contributed by atoms with van der Waals surface area (Å²) in [6.45, 7) is 8.00. The molecule has 0 bridgehead atoms. The van der Waals surface area contributed by atoms with Crippen LogP contribution in [0.4, 0.5) is 0 Å². The minimum atomic E-state index is -0.694. The second-order valence-corrected chi connectivity index (χ2v) is 16.5. The summed E-state index contributed by atoms with van der Waals surface area (Å²) in [4.78, 5) is 59.9. The van der Waals surface area contributed by atoms with Gasteiger partial charge in [-0.15, -0.1) is 0 Å². The Morgan fingerprint density at radius 2 is 0.717 bits per heavy atom. The number of aliphatic hydroxyl groups is 2. The summed E-state index contributed by atoms with van der Waals surface area (Å²) in [6.07, 6.45) is 24.6. The average Bonchev–Trinajstić information content (AvgIpc) is 3.23. The molecule has 0 aromatic carbocycles. The van der Waals surface area contributed by atoms with Crippen LogP contribution >= 0.6 is 0 Å². The number of aliphatic hydroxyl groups excluding tert-OH is 2. The van der Waals surface area contributed by atoms with Crippen molar-refractivity contribution in [3.05, 3.63) is 0 Å². The van der Waals surface area contributed by atoms with Crippen molar-refractivity contribution in [2.75, 3.05) is 13.4 Å². The molecule has 0 aromatic heterocycles. The molecule has 0 radical (unpaired) electrons. The third kappa shape index (κ3) is 36.0. The Bertz CT molecular complexity index is 1070. The lowest BCUT2D eigenvalue weighted by Crippen LogP contribution is -2.31. The van der Waals surface area contributed by atoms with Crippen LogP contribution in [-0.2, 0) is 47.7 Å². The highest BCUT2D eigenvalue weighted by atomic mass is 16.7. The van der Waals surface area contributed by atoms with Crippen molar-refractivity contribution in [1.82, 2.24) is 0 Å². The van der Waals surface area contributed by atoms with Crippen LogP contribution < -0.4 is 0 Å². The molecule has 0 spiro atoms. The maximum atomic E-state index is 12.4. The van der Waals surface area contributed by atoms with Crippen molar-refractivity contribution in [2.24, 2.45) is 0 Å². The quantitative estimate of drug-likeness (QED) is 0.0258. The molecule has 0 aromatic rings. The summed E-state index contributed by atoms with van der Waals surface area (Å²) in [5.41, 5.74) is 0. The zero-order valence-corrected chi connectivity index (χ0v) is 38.5. The molecule has 352 valence electrons. The summed E-state index contributed by atoms with van der Waals surface area (Å²) in [5.74, 6) is -1.63. The zero-order valence-electron chi connectivity index (χ0n) is 38.5. The molecule has 4 unspecified atom stereocenters. The lowest BCUT2D eigenvalue weighted by molar-refractivity contribution is -0.167. The van der Waals surface area contributed by atoms with Crippen molar-refractivity contribution in [3.8, 4) is 0 Å². The molecule has 0 fully saturated rings. The fraction of sp³-hybridized carbons (Fsp3) is 0.896. The number of ether oxygens (including phenoxy) is 5. The number of esters is 5. The molecule has 2 N–H and O–H groups in total. The van der Waals surface area contributed by atoms with E-state index in [0.717, 1.165) is 154 Å². The first-order valence-corrected chi connectivity index (χ1v) is 24.3. The van der Waals surface area contributed by atoms with Gasteiger partial charge in [-0.1, -0.05) is 143 Å². The van der Waals surface area contributed by atoms with Crippen LogP contribution in [0.25, 0.3) is 0 Å². The standard InChI is InChI=1S/C48H88O12/c1-5-9-23-32-42(59-44(51)8-4)40(49)30-25-19-15-11-13-17-21-27-34-46(53)57-39-58-47(54)35-28-22-18-14-12-16-20-26-31-41(50)43(33-24-10-6-2)60-48(55)37-29-36-45(52)56-38-7-3/h40-43,49-50H,5-39H2,1-4H3. The molecule has 0 aliphatic carbocycles. The van der Waals surface area contributed by atoms with Crippen LogP contribution in [0.2, 0.25) is 0 Å². The first-order chi connectivity index (χ1) is 29.1. The van der Waals surface area contributed by atoms with E-state index < -0.39 is 24.4 Å². The SMILES string of the molecule is CCCCCC(OC(=O)CC)C(O)CCCCCCCCCCC(=O)OCOC(=O)CCCCCCCCCCC(O)C(CCCCC)OC(=O)CCCC(=O)OCCC. The summed E-state index contributed by atoms with van der Waals surface area (Å²) < 4.78 is 26.4. The van der Waals surface area contributed by atoms with Crippen LogP contribution in [-0.4, -0.2) is 77.9 Å². The minimum Gasteiger partial charge on any atom is -0.466 e. The van der Waals surface area contributed by atoms with E-state index in [9.17, 15) is 34.2 Å². The highest BCUT2D eigenvalue weighted by Crippen LogP contribution is 2.20. The van der Waals surface area contributed by atoms with Crippen molar-refractivity contribution < 1.29 is 57.9 Å². The first-order valence-electron chi connectivity index (χ1n) is 24.3. The fourth-order valence-corrected chi connectivity index (χ4v) is 7.04. The molecule has 0 aliphatic heterocycles. The summed E-state index contributed by atoms with van der Waals surface area (Å²) >= 11 is 0. The lowest BCUT2D eigenvalue weighted by Gasteiger charge is -2.23. The second kappa shape index (κ2) is 41.6. The van der Waals surface area contributed by atoms with E-state index in [1.54, 1.807) is 6.92 Å². The molecular formula is C48H88O12. The number of unbranched alkanes of at least 4 members (excludes halogenated alkanes) is 18. The lowest BCUT2D eigenvalue weighted by atomic mass is 9.99. The smallest absolute Gasteiger partial charge is 0.308 e. The Hall–Kier alpha value is -2.73. The Labute approximate surface area is 364 Å². The Morgan fingerprint density at radius 1 is 0.367 bits per heavy atom. The molecule has 0 saturated heterocycles. The Balaban J connectivity index is 3.85. The van der Waals surface area contributed by atoms with Crippen molar-refractivity contribution in [1.29, 1.82) is 0 Å². The molecule has 60 heavy (non-hydrogen) atoms. The highest BCUT2D eigenvalue weighted by molar-refractivity contribution is 5.73. The van der Waals surface area contributed by atoms with Crippen LogP contribution in [0.1, 0.15) is 240 Å². The van der Waals surface area contributed by atoms with Crippen molar-refractivity contribution in [2.45, 2.75) is 264 Å². The van der Waals surface area contributed by atoms with Gasteiger partial charge in [0.05, 0.1) is 18.8 Å². The molecule has 12 nitrogen and oxygen atoms in total. The molecule has 0 heterocycles. The largest absolute Gasteiger partial charge is 0.466 e. The van der Waals surface area contributed by atoms with Crippen LogP contribution in [0, 0.1) is 0 Å². The average molecular weight is 857 g/mol. The minimum absolute atomic E-state index is 0.136. The van der Waals surface area contributed by atoms with Gasteiger partial charge >= 0.3 is 29.8 Å². The first kappa shape index (κ1) is 57.3. The van der Waals surface area contributed by atoms with Gasteiger partial charge in [0.1, 0.15) is 12.2 Å². The number of hydrogen-bond acceptors (Lipinski definition) is 12. The molecule has 0 aliphatic rings. The van der Waals surface area contributed by atoms with E-state index in [1.807, 2.05) is 6.92 Å². The van der Waals surface area contributed by atoms with Crippen LogP contribution in [0.15, 0.2) is 0 Å². The van der Waals surface area contributed by atoms with Crippen molar-refractivity contribution >= 4 is 29.8 Å². The molecule has 12 heteroatoms. The molecule has 0 saturated carbocycles. The molecule has 0 rings (SSSR count). The van der Waals surface area contributed by atoms with Gasteiger partial charge < -0.3 is 33.9 Å². The van der Waals surface area contributed by atoms with Crippen molar-refractivity contribution in [3.63, 3.8) is 0 Å². The third-order valence-electron chi connectivity index (χ3n) is 10.8. The summed E-state index contributed by atoms with van der Waals surface area (Å²) in [7, 11) is 0. The predicted octanol–water partition coefficient (Wildman–Crippen LogP) is 11.1. The second-order valence-electron chi connectivity index (χ2n) is 16.5. The van der Waals surface area contributed by atoms with Gasteiger partial charge in [-0.05, 0) is 64.2 Å². The topological polar surface area (TPSA) is 172 Å². The number of rotatable bonds is 43. The van der Waals surface area contributed by atoms with E-state index in [-0.39, 0.29) is 49.5 Å². The van der Waals surface area contributed by atoms with E-state index in [4.69, 9.17) is 23.7 Å². The molecule has 0 amide bonds.